The first-order valence-corrected chi connectivity index (χ1v) is 8.14. The molecule has 5 nitrogen and oxygen atoms in total. The second kappa shape index (κ2) is 7.49. The number of likely N-dealkylation sites (tertiary alicyclic amines) is 1. The molecule has 1 aromatic heterocycles. The Hall–Kier alpha value is -2.34. The van der Waals surface area contributed by atoms with Crippen molar-refractivity contribution >= 4 is 5.78 Å². The van der Waals surface area contributed by atoms with Crippen molar-refractivity contribution in [2.75, 3.05) is 13.1 Å². The number of rotatable bonds is 5. The van der Waals surface area contributed by atoms with Gasteiger partial charge in [-0.2, -0.15) is 0 Å². The van der Waals surface area contributed by atoms with Crippen LogP contribution in [0.15, 0.2) is 41.5 Å². The molecule has 1 N–H and O–H groups in total. The zero-order chi connectivity index (χ0) is 16.9. The number of ketones is 1. The molecule has 0 aliphatic carbocycles. The predicted octanol–water partition coefficient (Wildman–Crippen LogP) is 1.93. The molecule has 0 radical (unpaired) electrons. The van der Waals surface area contributed by atoms with Gasteiger partial charge in [-0.3, -0.25) is 19.5 Å². The Balaban J connectivity index is 1.54. The first kappa shape index (κ1) is 16.5. The van der Waals surface area contributed by atoms with E-state index in [1.165, 1.54) is 12.3 Å². The first-order valence-electron chi connectivity index (χ1n) is 8.14. The summed E-state index contributed by atoms with van der Waals surface area (Å²) in [5, 5.41) is 0. The van der Waals surface area contributed by atoms with Gasteiger partial charge in [0, 0.05) is 24.9 Å². The molecule has 24 heavy (non-hydrogen) atoms. The molecule has 0 saturated carbocycles. The molecule has 1 aliphatic heterocycles. The van der Waals surface area contributed by atoms with Crippen molar-refractivity contribution in [3.63, 3.8) is 0 Å². The third-order valence-corrected chi connectivity index (χ3v) is 4.50. The summed E-state index contributed by atoms with van der Waals surface area (Å²) in [5.74, 6) is -0.0930. The highest BCUT2D eigenvalue weighted by molar-refractivity contribution is 5.83. The summed E-state index contributed by atoms with van der Waals surface area (Å²) in [6.07, 6.45) is 5.00. The van der Waals surface area contributed by atoms with Crippen molar-refractivity contribution in [1.29, 1.82) is 0 Å². The molecule has 2 heterocycles. The van der Waals surface area contributed by atoms with Crippen molar-refractivity contribution < 1.29 is 9.18 Å². The lowest BCUT2D eigenvalue weighted by atomic mass is 9.89. The molecule has 0 amide bonds. The van der Waals surface area contributed by atoms with Crippen LogP contribution in [0.4, 0.5) is 4.39 Å². The quantitative estimate of drug-likeness (QED) is 0.910. The fourth-order valence-corrected chi connectivity index (χ4v) is 3.11. The second-order valence-corrected chi connectivity index (χ2v) is 6.16. The number of piperidine rings is 1. The molecule has 0 bridgehead atoms. The molecular weight excluding hydrogens is 309 g/mol. The number of H-pyrrole nitrogens is 1. The van der Waals surface area contributed by atoms with Gasteiger partial charge in [-0.05, 0) is 37.4 Å². The lowest BCUT2D eigenvalue weighted by Gasteiger charge is -2.30. The summed E-state index contributed by atoms with van der Waals surface area (Å²) in [4.78, 5) is 32.6. The number of carbonyl (C=O) groups is 1. The summed E-state index contributed by atoms with van der Waals surface area (Å²) in [6, 6.07) is 6.70. The number of Topliss-reactive ketones (excluding diaryl/α,β-unsaturated/α-hetero) is 1. The van der Waals surface area contributed by atoms with Crippen LogP contribution in [0.1, 0.15) is 24.1 Å². The van der Waals surface area contributed by atoms with Gasteiger partial charge in [-0.1, -0.05) is 18.2 Å². The average Bonchev–Trinajstić information content (AvgIpc) is 2.58. The number of aryl methyl sites for hydroxylation is 1. The zero-order valence-electron chi connectivity index (χ0n) is 13.4. The molecule has 1 aromatic carbocycles. The monoisotopic (exact) mass is 329 g/mol. The number of nitrogens with zero attached hydrogens (tertiary/aromatic N) is 2. The first-order chi connectivity index (χ1) is 11.6. The third kappa shape index (κ3) is 3.94. The van der Waals surface area contributed by atoms with Crippen LogP contribution < -0.4 is 5.56 Å². The molecule has 1 fully saturated rings. The van der Waals surface area contributed by atoms with Gasteiger partial charge in [0.25, 0.3) is 5.56 Å². The Labute approximate surface area is 139 Å². The van der Waals surface area contributed by atoms with Crippen LogP contribution in [-0.4, -0.2) is 33.7 Å². The average molecular weight is 329 g/mol. The molecule has 1 unspecified atom stereocenters. The highest BCUT2D eigenvalue weighted by Gasteiger charge is 2.27. The summed E-state index contributed by atoms with van der Waals surface area (Å²) in [6.45, 7) is 1.43. The summed E-state index contributed by atoms with van der Waals surface area (Å²) in [7, 11) is 0. The Bertz CT molecular complexity index is 775. The minimum atomic E-state index is -0.216. The van der Waals surface area contributed by atoms with E-state index >= 15 is 0 Å². The van der Waals surface area contributed by atoms with Crippen LogP contribution in [0.3, 0.4) is 0 Å². The lowest BCUT2D eigenvalue weighted by molar-refractivity contribution is -0.127. The zero-order valence-corrected chi connectivity index (χ0v) is 13.4. The van der Waals surface area contributed by atoms with Crippen LogP contribution in [0.25, 0.3) is 0 Å². The number of hydrogen-bond acceptors (Lipinski definition) is 4. The normalized spacial score (nSPS) is 18.7. The van der Waals surface area contributed by atoms with Crippen molar-refractivity contribution in [1.82, 2.24) is 14.9 Å². The van der Waals surface area contributed by atoms with Crippen molar-refractivity contribution in [3.8, 4) is 0 Å². The van der Waals surface area contributed by atoms with Crippen LogP contribution in [-0.2, 0) is 17.8 Å². The maximum atomic E-state index is 13.7. The molecular formula is C18H20FN3O2. The van der Waals surface area contributed by atoms with Crippen molar-refractivity contribution in [3.05, 3.63) is 64.1 Å². The Morgan fingerprint density at radius 1 is 1.29 bits per heavy atom. The van der Waals surface area contributed by atoms with E-state index in [2.05, 4.69) is 9.97 Å². The molecule has 126 valence electrons. The molecule has 1 saturated heterocycles. The van der Waals surface area contributed by atoms with Crippen LogP contribution >= 0.6 is 0 Å². The number of nitrogens with one attached hydrogen (secondary N) is 1. The number of aromatic amines is 1. The van der Waals surface area contributed by atoms with Crippen LogP contribution in [0.2, 0.25) is 0 Å². The lowest BCUT2D eigenvalue weighted by Crippen LogP contribution is -2.41. The standard InChI is InChI=1S/C18H20FN3O2/c19-15-4-2-1-3-13(15)5-6-14-7-10-22(12-17(14)23)11-16-18(24)21-9-8-20-16/h1-4,8-9,14H,5-7,10-12H2,(H,21,24). The van der Waals surface area contributed by atoms with E-state index < -0.39 is 0 Å². The van der Waals surface area contributed by atoms with Gasteiger partial charge in [0.05, 0.1) is 6.54 Å². The number of halogens is 1. The Morgan fingerprint density at radius 3 is 2.88 bits per heavy atom. The topological polar surface area (TPSA) is 66.1 Å². The van der Waals surface area contributed by atoms with E-state index in [-0.39, 0.29) is 23.1 Å². The van der Waals surface area contributed by atoms with Crippen LogP contribution in [0, 0.1) is 11.7 Å². The summed E-state index contributed by atoms with van der Waals surface area (Å²) >= 11 is 0. The molecule has 2 aromatic rings. The fraction of sp³-hybridized carbons (Fsp3) is 0.389. The van der Waals surface area contributed by atoms with E-state index in [1.54, 1.807) is 18.3 Å². The van der Waals surface area contributed by atoms with Gasteiger partial charge in [-0.15, -0.1) is 0 Å². The minimum Gasteiger partial charge on any atom is -0.326 e. The number of hydrogen-bond donors (Lipinski definition) is 1. The minimum absolute atomic E-state index is 0.0390. The van der Waals surface area contributed by atoms with E-state index in [0.717, 1.165) is 13.0 Å². The van der Waals surface area contributed by atoms with E-state index in [0.29, 0.717) is 37.2 Å². The fourth-order valence-electron chi connectivity index (χ4n) is 3.11. The van der Waals surface area contributed by atoms with Crippen molar-refractivity contribution in [2.24, 2.45) is 5.92 Å². The van der Waals surface area contributed by atoms with Gasteiger partial charge in [-0.25, -0.2) is 4.39 Å². The molecule has 0 spiro atoms. The smallest absolute Gasteiger partial charge is 0.270 e. The maximum Gasteiger partial charge on any atom is 0.270 e. The van der Waals surface area contributed by atoms with Crippen molar-refractivity contribution in [2.45, 2.75) is 25.8 Å². The summed E-state index contributed by atoms with van der Waals surface area (Å²) in [5.41, 5.74) is 0.870. The second-order valence-electron chi connectivity index (χ2n) is 6.16. The van der Waals surface area contributed by atoms with Gasteiger partial charge in [0.1, 0.15) is 17.3 Å². The van der Waals surface area contributed by atoms with E-state index in [9.17, 15) is 14.0 Å². The number of carbonyl (C=O) groups excluding carboxylic acids is 1. The molecule has 1 aliphatic rings. The largest absolute Gasteiger partial charge is 0.326 e. The Kier molecular flexibility index (Phi) is 5.15. The van der Waals surface area contributed by atoms with E-state index in [1.807, 2.05) is 11.0 Å². The molecule has 3 rings (SSSR count). The van der Waals surface area contributed by atoms with Gasteiger partial charge in [0.2, 0.25) is 0 Å². The van der Waals surface area contributed by atoms with Gasteiger partial charge < -0.3 is 4.98 Å². The predicted molar refractivity (Wildman–Crippen MR) is 88.0 cm³/mol. The molecule has 1 atom stereocenters. The maximum absolute atomic E-state index is 13.7. The summed E-state index contributed by atoms with van der Waals surface area (Å²) < 4.78 is 13.7. The Morgan fingerprint density at radius 2 is 2.12 bits per heavy atom. The number of aromatic nitrogens is 2. The van der Waals surface area contributed by atoms with E-state index in [4.69, 9.17) is 0 Å². The number of benzene rings is 1. The third-order valence-electron chi connectivity index (χ3n) is 4.50. The van der Waals surface area contributed by atoms with Gasteiger partial charge >= 0.3 is 0 Å². The molecule has 6 heteroatoms. The SMILES string of the molecule is O=C1CN(Cc2ncc[nH]c2=O)CCC1CCc1ccccc1F. The highest BCUT2D eigenvalue weighted by atomic mass is 19.1. The van der Waals surface area contributed by atoms with Crippen LogP contribution in [0.5, 0.6) is 0 Å². The van der Waals surface area contributed by atoms with Gasteiger partial charge in [0.15, 0.2) is 0 Å². The highest BCUT2D eigenvalue weighted by Crippen LogP contribution is 2.21.